The summed E-state index contributed by atoms with van der Waals surface area (Å²) in [5, 5.41) is 8.49. The fourth-order valence-electron chi connectivity index (χ4n) is 3.06. The average Bonchev–Trinajstić information content (AvgIpc) is 3.11. The number of pyridine rings is 1. The summed E-state index contributed by atoms with van der Waals surface area (Å²) in [5.41, 5.74) is 5.74. The molecule has 140 valence electrons. The van der Waals surface area contributed by atoms with Crippen molar-refractivity contribution in [3.8, 4) is 34.3 Å². The molecule has 1 aromatic carbocycles. The first-order valence-electron chi connectivity index (χ1n) is 8.89. The molecule has 0 unspecified atom stereocenters. The van der Waals surface area contributed by atoms with E-state index in [1.54, 1.807) is 31.8 Å². The second kappa shape index (κ2) is 7.19. The third kappa shape index (κ3) is 3.22. The van der Waals surface area contributed by atoms with Crippen LogP contribution in [0.25, 0.3) is 28.5 Å². The molecule has 0 amide bonds. The Bertz CT molecular complexity index is 1120. The third-order valence-electron chi connectivity index (χ3n) is 4.56. The van der Waals surface area contributed by atoms with Crippen molar-refractivity contribution in [2.45, 2.75) is 20.8 Å². The van der Waals surface area contributed by atoms with Gasteiger partial charge < -0.3 is 4.74 Å². The largest absolute Gasteiger partial charge is 0.481 e. The van der Waals surface area contributed by atoms with Crippen LogP contribution in [0.1, 0.15) is 17.0 Å². The predicted molar refractivity (Wildman–Crippen MR) is 106 cm³/mol. The fraction of sp³-hybridized carbons (Fsp3) is 0.190. The molecule has 3 aromatic heterocycles. The van der Waals surface area contributed by atoms with Gasteiger partial charge in [0.25, 0.3) is 0 Å². The Hall–Kier alpha value is -3.61. The van der Waals surface area contributed by atoms with Crippen LogP contribution in [0.4, 0.5) is 0 Å². The van der Waals surface area contributed by atoms with Crippen LogP contribution in [0.15, 0.2) is 48.9 Å². The lowest BCUT2D eigenvalue weighted by molar-refractivity contribution is 0.398. The summed E-state index contributed by atoms with van der Waals surface area (Å²) in [7, 11) is 1.59. The van der Waals surface area contributed by atoms with Crippen LogP contribution < -0.4 is 4.74 Å². The number of hydrogen-bond donors (Lipinski definition) is 0. The maximum Gasteiger partial charge on any atom is 0.213 e. The van der Waals surface area contributed by atoms with Crippen molar-refractivity contribution in [3.63, 3.8) is 0 Å². The van der Waals surface area contributed by atoms with Crippen molar-refractivity contribution >= 4 is 0 Å². The fourth-order valence-corrected chi connectivity index (χ4v) is 3.06. The summed E-state index contributed by atoms with van der Waals surface area (Å²) in [6, 6.07) is 10.0. The number of benzene rings is 1. The standard InChI is InChI=1S/C21H20N6O/c1-13-5-6-14(2)17(9-13)18-11-23-19(12-22-18)21-26-25-15(3)27(21)16-7-8-20(28-4)24-10-16/h5-12H,1-4H3. The summed E-state index contributed by atoms with van der Waals surface area (Å²) in [4.78, 5) is 13.5. The number of rotatable bonds is 4. The van der Waals surface area contributed by atoms with Crippen molar-refractivity contribution in [2.24, 2.45) is 0 Å². The van der Waals surface area contributed by atoms with Crippen LogP contribution in [0.5, 0.6) is 5.88 Å². The van der Waals surface area contributed by atoms with Crippen LogP contribution in [0.3, 0.4) is 0 Å². The van der Waals surface area contributed by atoms with Gasteiger partial charge in [0.05, 0.1) is 37.1 Å². The summed E-state index contributed by atoms with van der Waals surface area (Å²) in [5.74, 6) is 1.90. The molecule has 4 rings (SSSR count). The molecular formula is C21H20N6O. The second-order valence-electron chi connectivity index (χ2n) is 6.57. The minimum absolute atomic E-state index is 0.550. The minimum atomic E-state index is 0.550. The van der Waals surface area contributed by atoms with E-state index in [2.05, 4.69) is 57.2 Å². The van der Waals surface area contributed by atoms with E-state index >= 15 is 0 Å². The second-order valence-corrected chi connectivity index (χ2v) is 6.57. The van der Waals surface area contributed by atoms with Crippen molar-refractivity contribution in [1.29, 1.82) is 0 Å². The molecule has 0 aliphatic rings. The van der Waals surface area contributed by atoms with Crippen molar-refractivity contribution < 1.29 is 4.74 Å². The third-order valence-corrected chi connectivity index (χ3v) is 4.56. The number of aromatic nitrogens is 6. The average molecular weight is 372 g/mol. The first kappa shape index (κ1) is 17.8. The van der Waals surface area contributed by atoms with E-state index in [-0.39, 0.29) is 0 Å². The molecule has 0 fully saturated rings. The molecule has 0 aliphatic carbocycles. The van der Waals surface area contributed by atoms with Crippen LogP contribution in [-0.4, -0.2) is 36.8 Å². The summed E-state index contributed by atoms with van der Waals surface area (Å²) >= 11 is 0. The van der Waals surface area contributed by atoms with Gasteiger partial charge in [-0.2, -0.15) is 0 Å². The Kier molecular flexibility index (Phi) is 4.57. The summed E-state index contributed by atoms with van der Waals surface area (Å²) in [6.45, 7) is 6.03. The summed E-state index contributed by atoms with van der Waals surface area (Å²) < 4.78 is 7.03. The maximum absolute atomic E-state index is 5.13. The molecule has 4 aromatic rings. The van der Waals surface area contributed by atoms with Gasteiger partial charge in [0.1, 0.15) is 11.5 Å². The van der Waals surface area contributed by atoms with E-state index in [1.165, 1.54) is 5.56 Å². The quantitative estimate of drug-likeness (QED) is 0.543. The molecule has 7 nitrogen and oxygen atoms in total. The highest BCUT2D eigenvalue weighted by Gasteiger charge is 2.15. The highest BCUT2D eigenvalue weighted by Crippen LogP contribution is 2.25. The number of nitrogens with zero attached hydrogens (tertiary/aromatic N) is 6. The SMILES string of the molecule is COc1ccc(-n2c(C)nnc2-c2cnc(-c3cc(C)ccc3C)cn2)cn1. The Morgan fingerprint density at radius 1 is 0.821 bits per heavy atom. The van der Waals surface area contributed by atoms with Gasteiger partial charge in [-0.15, -0.1) is 10.2 Å². The van der Waals surface area contributed by atoms with E-state index in [0.717, 1.165) is 28.3 Å². The zero-order valence-corrected chi connectivity index (χ0v) is 16.2. The molecule has 0 saturated carbocycles. The molecule has 0 radical (unpaired) electrons. The lowest BCUT2D eigenvalue weighted by atomic mass is 10.0. The Morgan fingerprint density at radius 3 is 2.29 bits per heavy atom. The Labute approximate surface area is 163 Å². The molecule has 0 N–H and O–H groups in total. The number of hydrogen-bond acceptors (Lipinski definition) is 6. The molecule has 0 aliphatic heterocycles. The molecule has 0 spiro atoms. The van der Waals surface area contributed by atoms with Crippen molar-refractivity contribution in [3.05, 3.63) is 65.9 Å². The zero-order valence-electron chi connectivity index (χ0n) is 16.2. The van der Waals surface area contributed by atoms with Gasteiger partial charge in [0, 0.05) is 11.6 Å². The minimum Gasteiger partial charge on any atom is -0.481 e. The predicted octanol–water partition coefficient (Wildman–Crippen LogP) is 3.72. The van der Waals surface area contributed by atoms with E-state index < -0.39 is 0 Å². The lowest BCUT2D eigenvalue weighted by Crippen LogP contribution is -2.02. The van der Waals surface area contributed by atoms with Crippen molar-refractivity contribution in [2.75, 3.05) is 7.11 Å². The Balaban J connectivity index is 1.73. The van der Waals surface area contributed by atoms with Gasteiger partial charge in [-0.1, -0.05) is 17.7 Å². The molecule has 0 atom stereocenters. The molecule has 0 bridgehead atoms. The number of ether oxygens (including phenoxy) is 1. The van der Waals surface area contributed by atoms with Gasteiger partial charge in [-0.05, 0) is 38.5 Å². The number of aryl methyl sites for hydroxylation is 3. The summed E-state index contributed by atoms with van der Waals surface area (Å²) in [6.07, 6.45) is 5.22. The van der Waals surface area contributed by atoms with Crippen LogP contribution in [-0.2, 0) is 0 Å². The van der Waals surface area contributed by atoms with E-state index in [4.69, 9.17) is 4.74 Å². The molecule has 28 heavy (non-hydrogen) atoms. The molecular weight excluding hydrogens is 352 g/mol. The van der Waals surface area contributed by atoms with Crippen molar-refractivity contribution in [1.82, 2.24) is 29.7 Å². The van der Waals surface area contributed by atoms with Crippen LogP contribution in [0, 0.1) is 20.8 Å². The van der Waals surface area contributed by atoms with Crippen LogP contribution >= 0.6 is 0 Å². The van der Waals surface area contributed by atoms with Gasteiger partial charge in [-0.25, -0.2) is 9.97 Å². The maximum atomic E-state index is 5.13. The van der Waals surface area contributed by atoms with Gasteiger partial charge >= 0.3 is 0 Å². The van der Waals surface area contributed by atoms with Crippen LogP contribution in [0.2, 0.25) is 0 Å². The molecule has 0 saturated heterocycles. The smallest absolute Gasteiger partial charge is 0.213 e. The monoisotopic (exact) mass is 372 g/mol. The van der Waals surface area contributed by atoms with E-state index in [9.17, 15) is 0 Å². The Morgan fingerprint density at radius 2 is 1.61 bits per heavy atom. The molecule has 3 heterocycles. The lowest BCUT2D eigenvalue weighted by Gasteiger charge is -2.09. The number of methoxy groups -OCH3 is 1. The van der Waals surface area contributed by atoms with E-state index in [0.29, 0.717) is 17.4 Å². The van der Waals surface area contributed by atoms with Gasteiger partial charge in [0.15, 0.2) is 5.82 Å². The first-order chi connectivity index (χ1) is 13.6. The zero-order chi connectivity index (χ0) is 19.7. The van der Waals surface area contributed by atoms with Gasteiger partial charge in [-0.3, -0.25) is 9.55 Å². The normalized spacial score (nSPS) is 10.9. The molecule has 7 heteroatoms. The van der Waals surface area contributed by atoms with E-state index in [1.807, 2.05) is 17.6 Å². The highest BCUT2D eigenvalue weighted by atomic mass is 16.5. The topological polar surface area (TPSA) is 78.6 Å². The first-order valence-corrected chi connectivity index (χ1v) is 8.89. The van der Waals surface area contributed by atoms with Gasteiger partial charge in [0.2, 0.25) is 5.88 Å². The highest BCUT2D eigenvalue weighted by molar-refractivity contribution is 5.65.